The Labute approximate surface area is 102 Å². The van der Waals surface area contributed by atoms with Crippen molar-refractivity contribution in [3.63, 3.8) is 0 Å². The van der Waals surface area contributed by atoms with Gasteiger partial charge in [-0.3, -0.25) is 0 Å². The van der Waals surface area contributed by atoms with Crippen molar-refractivity contribution < 1.29 is 0 Å². The van der Waals surface area contributed by atoms with E-state index in [2.05, 4.69) is 44.8 Å². The van der Waals surface area contributed by atoms with Crippen molar-refractivity contribution in [2.45, 2.75) is 53.5 Å². The van der Waals surface area contributed by atoms with Gasteiger partial charge in [-0.2, -0.15) is 0 Å². The molecule has 0 saturated heterocycles. The van der Waals surface area contributed by atoms with Crippen LogP contribution in [0, 0.1) is 11.3 Å². The van der Waals surface area contributed by atoms with E-state index < -0.39 is 0 Å². The minimum atomic E-state index is 0.0520. The van der Waals surface area contributed by atoms with Crippen molar-refractivity contribution in [3.8, 4) is 0 Å². The van der Waals surface area contributed by atoms with Crippen LogP contribution in [0.3, 0.4) is 0 Å². The van der Waals surface area contributed by atoms with E-state index in [0.29, 0.717) is 11.3 Å². The summed E-state index contributed by atoms with van der Waals surface area (Å²) in [7, 11) is 0. The summed E-state index contributed by atoms with van der Waals surface area (Å²) >= 11 is 1.66. The maximum absolute atomic E-state index is 5.93. The number of aromatic nitrogens is 2. The lowest BCUT2D eigenvalue weighted by molar-refractivity contribution is 0.259. The van der Waals surface area contributed by atoms with Crippen LogP contribution in [0.2, 0.25) is 0 Å². The molecule has 0 aliphatic rings. The van der Waals surface area contributed by atoms with E-state index in [9.17, 15) is 0 Å². The van der Waals surface area contributed by atoms with E-state index in [4.69, 9.17) is 5.73 Å². The van der Waals surface area contributed by atoms with Crippen LogP contribution in [0.5, 0.6) is 0 Å². The van der Waals surface area contributed by atoms with Crippen LogP contribution >= 0.6 is 11.3 Å². The first kappa shape index (κ1) is 13.6. The fourth-order valence-electron chi connectivity index (χ4n) is 1.24. The second kappa shape index (κ2) is 5.23. The molecular formula is C12H23N3S. The zero-order valence-corrected chi connectivity index (χ0v) is 11.8. The van der Waals surface area contributed by atoms with Gasteiger partial charge in [0.05, 0.1) is 6.04 Å². The van der Waals surface area contributed by atoms with Gasteiger partial charge in [-0.1, -0.05) is 46.0 Å². The quantitative estimate of drug-likeness (QED) is 0.881. The Morgan fingerprint density at radius 1 is 1.31 bits per heavy atom. The van der Waals surface area contributed by atoms with E-state index in [1.165, 1.54) is 0 Å². The van der Waals surface area contributed by atoms with Crippen LogP contribution < -0.4 is 5.73 Å². The highest BCUT2D eigenvalue weighted by molar-refractivity contribution is 7.11. The Morgan fingerprint density at radius 2 is 1.94 bits per heavy atom. The van der Waals surface area contributed by atoms with E-state index in [0.717, 1.165) is 22.9 Å². The average molecular weight is 241 g/mol. The monoisotopic (exact) mass is 241 g/mol. The molecule has 0 saturated carbocycles. The van der Waals surface area contributed by atoms with Gasteiger partial charge in [-0.05, 0) is 17.8 Å². The predicted octanol–water partition coefficient (Wildman–Crippen LogP) is 3.17. The molecule has 0 fully saturated rings. The first-order valence-corrected chi connectivity index (χ1v) is 6.74. The average Bonchev–Trinajstić information content (AvgIpc) is 2.63. The molecule has 4 heteroatoms. The fourth-order valence-corrected chi connectivity index (χ4v) is 2.30. The molecule has 0 aromatic carbocycles. The van der Waals surface area contributed by atoms with Crippen molar-refractivity contribution in [2.24, 2.45) is 17.1 Å². The predicted molar refractivity (Wildman–Crippen MR) is 69.5 cm³/mol. The SMILES string of the molecule is CCC(N)c1nnc(CC(C)C(C)(C)C)s1. The number of hydrogen-bond acceptors (Lipinski definition) is 4. The van der Waals surface area contributed by atoms with Crippen molar-refractivity contribution >= 4 is 11.3 Å². The highest BCUT2D eigenvalue weighted by Crippen LogP contribution is 2.30. The van der Waals surface area contributed by atoms with Crippen molar-refractivity contribution in [1.82, 2.24) is 10.2 Å². The van der Waals surface area contributed by atoms with Crippen LogP contribution in [0.4, 0.5) is 0 Å². The van der Waals surface area contributed by atoms with Gasteiger partial charge in [-0.15, -0.1) is 10.2 Å². The molecule has 0 bridgehead atoms. The van der Waals surface area contributed by atoms with Gasteiger partial charge < -0.3 is 5.73 Å². The van der Waals surface area contributed by atoms with Crippen molar-refractivity contribution in [2.75, 3.05) is 0 Å². The molecule has 1 heterocycles. The molecule has 16 heavy (non-hydrogen) atoms. The smallest absolute Gasteiger partial charge is 0.134 e. The summed E-state index contributed by atoms with van der Waals surface area (Å²) in [6, 6.07) is 0.0520. The van der Waals surface area contributed by atoms with Crippen LogP contribution in [0.25, 0.3) is 0 Å². The molecule has 0 amide bonds. The summed E-state index contributed by atoms with van der Waals surface area (Å²) in [6.07, 6.45) is 1.92. The zero-order chi connectivity index (χ0) is 12.3. The molecule has 1 aromatic heterocycles. The fraction of sp³-hybridized carbons (Fsp3) is 0.833. The first-order valence-electron chi connectivity index (χ1n) is 5.92. The van der Waals surface area contributed by atoms with E-state index in [1.807, 2.05) is 0 Å². The zero-order valence-electron chi connectivity index (χ0n) is 10.9. The summed E-state index contributed by atoms with van der Waals surface area (Å²) in [5.41, 5.74) is 6.25. The Hall–Kier alpha value is -0.480. The van der Waals surface area contributed by atoms with Crippen molar-refractivity contribution in [1.29, 1.82) is 0 Å². The lowest BCUT2D eigenvalue weighted by atomic mass is 9.80. The summed E-state index contributed by atoms with van der Waals surface area (Å²) in [5, 5.41) is 10.5. The van der Waals surface area contributed by atoms with E-state index >= 15 is 0 Å². The highest BCUT2D eigenvalue weighted by atomic mass is 32.1. The molecular weight excluding hydrogens is 218 g/mol. The molecule has 0 aliphatic carbocycles. The molecule has 92 valence electrons. The number of rotatable bonds is 4. The van der Waals surface area contributed by atoms with Gasteiger partial charge >= 0.3 is 0 Å². The van der Waals surface area contributed by atoms with E-state index in [-0.39, 0.29) is 6.04 Å². The van der Waals surface area contributed by atoms with E-state index in [1.54, 1.807) is 11.3 Å². The summed E-state index contributed by atoms with van der Waals surface area (Å²) in [4.78, 5) is 0. The van der Waals surface area contributed by atoms with Crippen LogP contribution in [0.15, 0.2) is 0 Å². The lowest BCUT2D eigenvalue weighted by Gasteiger charge is -2.26. The second-order valence-electron chi connectivity index (χ2n) is 5.52. The molecule has 3 nitrogen and oxygen atoms in total. The molecule has 1 aromatic rings. The lowest BCUT2D eigenvalue weighted by Crippen LogP contribution is -2.19. The van der Waals surface area contributed by atoms with Crippen LogP contribution in [-0.2, 0) is 6.42 Å². The minimum absolute atomic E-state index is 0.0520. The largest absolute Gasteiger partial charge is 0.322 e. The molecule has 2 unspecified atom stereocenters. The molecule has 2 N–H and O–H groups in total. The molecule has 1 rings (SSSR count). The Morgan fingerprint density at radius 3 is 2.44 bits per heavy atom. The number of nitrogens with zero attached hydrogens (tertiary/aromatic N) is 2. The van der Waals surface area contributed by atoms with Gasteiger partial charge in [0.2, 0.25) is 0 Å². The Kier molecular flexibility index (Phi) is 4.44. The summed E-state index contributed by atoms with van der Waals surface area (Å²) < 4.78 is 0. The highest BCUT2D eigenvalue weighted by Gasteiger charge is 2.22. The third-order valence-corrected chi connectivity index (χ3v) is 4.28. The topological polar surface area (TPSA) is 51.8 Å². The normalized spacial score (nSPS) is 16.1. The third kappa shape index (κ3) is 3.52. The number of hydrogen-bond donors (Lipinski definition) is 1. The van der Waals surface area contributed by atoms with Gasteiger partial charge in [-0.25, -0.2) is 0 Å². The maximum Gasteiger partial charge on any atom is 0.134 e. The van der Waals surface area contributed by atoms with Gasteiger partial charge in [0, 0.05) is 6.42 Å². The summed E-state index contributed by atoms with van der Waals surface area (Å²) in [5.74, 6) is 0.603. The van der Waals surface area contributed by atoms with Crippen LogP contribution in [-0.4, -0.2) is 10.2 Å². The Balaban J connectivity index is 2.66. The summed E-state index contributed by atoms with van der Waals surface area (Å²) in [6.45, 7) is 11.1. The molecule has 0 aliphatic heterocycles. The standard InChI is InChI=1S/C12H23N3S/c1-6-9(13)11-15-14-10(16-11)7-8(2)12(3,4)5/h8-9H,6-7,13H2,1-5H3. The van der Waals surface area contributed by atoms with Crippen LogP contribution in [0.1, 0.15) is 57.1 Å². The minimum Gasteiger partial charge on any atom is -0.322 e. The molecule has 2 atom stereocenters. The Bertz CT molecular complexity index is 327. The van der Waals surface area contributed by atoms with Gasteiger partial charge in [0.25, 0.3) is 0 Å². The van der Waals surface area contributed by atoms with Gasteiger partial charge in [0.1, 0.15) is 10.0 Å². The maximum atomic E-state index is 5.93. The third-order valence-electron chi connectivity index (χ3n) is 3.20. The molecule has 0 spiro atoms. The van der Waals surface area contributed by atoms with Gasteiger partial charge in [0.15, 0.2) is 0 Å². The number of nitrogens with two attached hydrogens (primary N) is 1. The second-order valence-corrected chi connectivity index (χ2v) is 6.61. The first-order chi connectivity index (χ1) is 7.34. The molecule has 0 radical (unpaired) electrons. The van der Waals surface area contributed by atoms with Crippen molar-refractivity contribution in [3.05, 3.63) is 10.0 Å².